The van der Waals surface area contributed by atoms with Gasteiger partial charge in [-0.05, 0) is 36.8 Å². The molecule has 92 valence electrons. The van der Waals surface area contributed by atoms with Crippen molar-refractivity contribution in [3.8, 4) is 0 Å². The Hall–Kier alpha value is -0.430. The third-order valence-electron chi connectivity index (χ3n) is 4.54. The van der Waals surface area contributed by atoms with Crippen molar-refractivity contribution in [3.05, 3.63) is 30.3 Å². The molecular weight excluding hydrogens is 224 g/mol. The van der Waals surface area contributed by atoms with E-state index in [1.165, 1.54) is 49.8 Å². The minimum absolute atomic E-state index is 0.896. The van der Waals surface area contributed by atoms with Crippen LogP contribution in [0.5, 0.6) is 0 Å². The molecule has 1 aromatic rings. The first-order valence-electron chi connectivity index (χ1n) is 7.15. The minimum Gasteiger partial charge on any atom is -0.122 e. The van der Waals surface area contributed by atoms with E-state index in [9.17, 15) is 0 Å². The molecule has 17 heavy (non-hydrogen) atoms. The Balaban J connectivity index is 1.72. The second-order valence-electron chi connectivity index (χ2n) is 5.61. The van der Waals surface area contributed by atoms with Gasteiger partial charge in [0, 0.05) is 10.1 Å². The first-order chi connectivity index (χ1) is 8.43. The van der Waals surface area contributed by atoms with E-state index in [1.807, 2.05) is 0 Å². The summed E-state index contributed by atoms with van der Waals surface area (Å²) in [6.45, 7) is 0. The molecule has 0 radical (unpaired) electrons. The van der Waals surface area contributed by atoms with Crippen molar-refractivity contribution < 1.29 is 0 Å². The van der Waals surface area contributed by atoms with E-state index in [0.29, 0.717) is 0 Å². The van der Waals surface area contributed by atoms with Crippen LogP contribution in [0.15, 0.2) is 35.2 Å². The van der Waals surface area contributed by atoms with Crippen LogP contribution in [0.4, 0.5) is 0 Å². The Morgan fingerprint density at radius 2 is 1.59 bits per heavy atom. The highest BCUT2D eigenvalue weighted by Crippen LogP contribution is 2.46. The second kappa shape index (κ2) is 5.48. The molecule has 0 aliphatic heterocycles. The van der Waals surface area contributed by atoms with E-state index in [1.54, 1.807) is 0 Å². The predicted molar refractivity (Wildman–Crippen MR) is 75.4 cm³/mol. The molecule has 3 atom stereocenters. The molecule has 0 N–H and O–H groups in total. The van der Waals surface area contributed by atoms with E-state index in [-0.39, 0.29) is 0 Å². The standard InChI is InChI=1S/C16H22S/c1-2-9-14(10-3-1)17-16-12-5-4-7-13-8-6-11-15(13)16/h1-3,9-10,13,15-16H,4-8,11-12H2. The summed E-state index contributed by atoms with van der Waals surface area (Å²) in [5.74, 6) is 2.07. The average Bonchev–Trinajstić information content (AvgIpc) is 2.75. The fourth-order valence-electron chi connectivity index (χ4n) is 3.70. The third kappa shape index (κ3) is 2.70. The molecule has 0 amide bonds. The lowest BCUT2D eigenvalue weighted by Gasteiger charge is -2.25. The molecule has 0 nitrogen and oxygen atoms in total. The summed E-state index contributed by atoms with van der Waals surface area (Å²) in [5.41, 5.74) is 0. The molecule has 2 aliphatic rings. The van der Waals surface area contributed by atoms with Crippen molar-refractivity contribution in [2.45, 2.75) is 55.1 Å². The van der Waals surface area contributed by atoms with Crippen molar-refractivity contribution >= 4 is 11.8 Å². The first-order valence-corrected chi connectivity index (χ1v) is 8.03. The van der Waals surface area contributed by atoms with Crippen LogP contribution < -0.4 is 0 Å². The first kappa shape index (κ1) is 11.6. The quantitative estimate of drug-likeness (QED) is 0.696. The van der Waals surface area contributed by atoms with Gasteiger partial charge in [0.15, 0.2) is 0 Å². The van der Waals surface area contributed by atoms with Gasteiger partial charge in [-0.3, -0.25) is 0 Å². The lowest BCUT2D eigenvalue weighted by Crippen LogP contribution is -2.19. The molecule has 1 aromatic carbocycles. The molecule has 3 unspecified atom stereocenters. The van der Waals surface area contributed by atoms with Crippen LogP contribution >= 0.6 is 11.8 Å². The predicted octanol–water partition coefficient (Wildman–Crippen LogP) is 5.14. The smallest absolute Gasteiger partial charge is 0.0125 e. The van der Waals surface area contributed by atoms with Gasteiger partial charge < -0.3 is 0 Å². The van der Waals surface area contributed by atoms with E-state index in [0.717, 1.165) is 17.1 Å². The Morgan fingerprint density at radius 3 is 2.47 bits per heavy atom. The highest BCUT2D eigenvalue weighted by molar-refractivity contribution is 8.00. The van der Waals surface area contributed by atoms with Crippen LogP contribution in [0, 0.1) is 11.8 Å². The molecule has 0 spiro atoms. The maximum absolute atomic E-state index is 2.28. The van der Waals surface area contributed by atoms with Gasteiger partial charge in [0.2, 0.25) is 0 Å². The van der Waals surface area contributed by atoms with Crippen LogP contribution in [0.1, 0.15) is 44.9 Å². The maximum Gasteiger partial charge on any atom is 0.0125 e. The lowest BCUT2D eigenvalue weighted by molar-refractivity contribution is 0.375. The summed E-state index contributed by atoms with van der Waals surface area (Å²) < 4.78 is 0. The van der Waals surface area contributed by atoms with Gasteiger partial charge in [-0.15, -0.1) is 11.8 Å². The maximum atomic E-state index is 2.28. The third-order valence-corrected chi connectivity index (χ3v) is 5.97. The largest absolute Gasteiger partial charge is 0.122 e. The molecule has 3 rings (SSSR count). The molecule has 2 fully saturated rings. The number of benzene rings is 1. The average molecular weight is 246 g/mol. The van der Waals surface area contributed by atoms with Crippen LogP contribution in [0.25, 0.3) is 0 Å². The van der Waals surface area contributed by atoms with Crippen LogP contribution in [0.3, 0.4) is 0 Å². The molecule has 2 aliphatic carbocycles. The number of rotatable bonds is 2. The second-order valence-corrected chi connectivity index (χ2v) is 6.92. The zero-order chi connectivity index (χ0) is 11.5. The summed E-state index contributed by atoms with van der Waals surface area (Å²) >= 11 is 2.15. The van der Waals surface area contributed by atoms with Crippen LogP contribution in [0.2, 0.25) is 0 Å². The summed E-state index contributed by atoms with van der Waals surface area (Å²) in [4.78, 5) is 1.48. The van der Waals surface area contributed by atoms with Crippen LogP contribution in [-0.4, -0.2) is 5.25 Å². The highest BCUT2D eigenvalue weighted by Gasteiger charge is 2.35. The minimum atomic E-state index is 0.896. The molecule has 0 bridgehead atoms. The Morgan fingerprint density at radius 1 is 0.824 bits per heavy atom. The van der Waals surface area contributed by atoms with Crippen molar-refractivity contribution in [2.24, 2.45) is 11.8 Å². The Kier molecular flexibility index (Phi) is 3.75. The van der Waals surface area contributed by atoms with Gasteiger partial charge in [0.05, 0.1) is 0 Å². The highest BCUT2D eigenvalue weighted by atomic mass is 32.2. The zero-order valence-electron chi connectivity index (χ0n) is 10.5. The molecule has 0 heterocycles. The van der Waals surface area contributed by atoms with Gasteiger partial charge in [0.1, 0.15) is 0 Å². The number of thioether (sulfide) groups is 1. The number of fused-ring (bicyclic) bond motifs is 1. The molecular formula is C16H22S. The van der Waals surface area contributed by atoms with Crippen molar-refractivity contribution in [1.82, 2.24) is 0 Å². The fraction of sp³-hybridized carbons (Fsp3) is 0.625. The van der Waals surface area contributed by atoms with Gasteiger partial charge in [0.25, 0.3) is 0 Å². The summed E-state index contributed by atoms with van der Waals surface area (Å²) in [5, 5.41) is 0.896. The summed E-state index contributed by atoms with van der Waals surface area (Å²) in [7, 11) is 0. The molecule has 2 saturated carbocycles. The number of hydrogen-bond acceptors (Lipinski definition) is 1. The molecule has 1 heteroatoms. The normalized spacial score (nSPS) is 33.1. The van der Waals surface area contributed by atoms with E-state index >= 15 is 0 Å². The summed E-state index contributed by atoms with van der Waals surface area (Å²) in [6.07, 6.45) is 10.4. The molecule has 0 saturated heterocycles. The number of hydrogen-bond donors (Lipinski definition) is 0. The zero-order valence-corrected chi connectivity index (χ0v) is 11.3. The fourth-order valence-corrected chi connectivity index (χ4v) is 5.18. The van der Waals surface area contributed by atoms with Crippen molar-refractivity contribution in [3.63, 3.8) is 0 Å². The lowest BCUT2D eigenvalue weighted by atomic mass is 9.91. The monoisotopic (exact) mass is 246 g/mol. The Labute approximate surface area is 109 Å². The topological polar surface area (TPSA) is 0 Å². The SMILES string of the molecule is c1ccc(SC2CCCCC3CCCC32)cc1. The van der Waals surface area contributed by atoms with Gasteiger partial charge in [-0.25, -0.2) is 0 Å². The van der Waals surface area contributed by atoms with Crippen molar-refractivity contribution in [1.29, 1.82) is 0 Å². The van der Waals surface area contributed by atoms with Gasteiger partial charge in [-0.2, -0.15) is 0 Å². The molecule has 0 aromatic heterocycles. The van der Waals surface area contributed by atoms with E-state index in [2.05, 4.69) is 42.1 Å². The van der Waals surface area contributed by atoms with Crippen LogP contribution in [-0.2, 0) is 0 Å². The van der Waals surface area contributed by atoms with E-state index < -0.39 is 0 Å². The van der Waals surface area contributed by atoms with Gasteiger partial charge in [-0.1, -0.05) is 50.3 Å². The summed E-state index contributed by atoms with van der Waals surface area (Å²) in [6, 6.07) is 11.0. The van der Waals surface area contributed by atoms with E-state index in [4.69, 9.17) is 0 Å². The van der Waals surface area contributed by atoms with Gasteiger partial charge >= 0.3 is 0 Å². The Bertz CT molecular complexity index is 346. The van der Waals surface area contributed by atoms with Crippen molar-refractivity contribution in [2.75, 3.05) is 0 Å².